The van der Waals surface area contributed by atoms with Crippen molar-refractivity contribution in [3.05, 3.63) is 16.1 Å². The lowest BCUT2D eigenvalue weighted by molar-refractivity contribution is 0.0669. The van der Waals surface area contributed by atoms with Crippen LogP contribution in [0.25, 0.3) is 0 Å². The normalized spacial score (nSPS) is 20.1. The molecule has 7 nitrogen and oxygen atoms in total. The highest BCUT2D eigenvalue weighted by atomic mass is 32.1. The van der Waals surface area contributed by atoms with Crippen molar-refractivity contribution in [2.24, 2.45) is 17.4 Å². The first-order valence-corrected chi connectivity index (χ1v) is 7.89. The maximum atomic E-state index is 12.4. The molecular weight excluding hydrogens is 290 g/mol. The average Bonchev–Trinajstić information content (AvgIpc) is 2.94. The SMILES string of the molecule is CC(N)c1nc(C(=O)N2CCCC(CNC(N)=O)C2)cs1. The predicted octanol–water partition coefficient (Wildman–Crippen LogP) is 0.683. The number of nitrogens with zero attached hydrogens (tertiary/aromatic N) is 2. The number of urea groups is 1. The third-order valence-corrected chi connectivity index (χ3v) is 4.55. The van der Waals surface area contributed by atoms with Crippen LogP contribution in [0.2, 0.25) is 0 Å². The van der Waals surface area contributed by atoms with Gasteiger partial charge in [-0.05, 0) is 25.7 Å². The van der Waals surface area contributed by atoms with E-state index in [9.17, 15) is 9.59 Å². The molecule has 116 valence electrons. The Morgan fingerprint density at radius 2 is 2.38 bits per heavy atom. The topological polar surface area (TPSA) is 114 Å². The van der Waals surface area contributed by atoms with Crippen molar-refractivity contribution in [1.82, 2.24) is 15.2 Å². The van der Waals surface area contributed by atoms with Crippen LogP contribution in [0.1, 0.15) is 41.3 Å². The van der Waals surface area contributed by atoms with Gasteiger partial charge in [0.1, 0.15) is 10.7 Å². The summed E-state index contributed by atoms with van der Waals surface area (Å²) >= 11 is 1.41. The molecule has 1 aromatic rings. The van der Waals surface area contributed by atoms with Crippen molar-refractivity contribution in [3.63, 3.8) is 0 Å². The predicted molar refractivity (Wildman–Crippen MR) is 80.9 cm³/mol. The van der Waals surface area contributed by atoms with Gasteiger partial charge in [0.05, 0.1) is 6.04 Å². The highest BCUT2D eigenvalue weighted by molar-refractivity contribution is 7.09. The molecule has 2 rings (SSSR count). The number of carbonyl (C=O) groups is 2. The third kappa shape index (κ3) is 4.15. The van der Waals surface area contributed by atoms with E-state index in [0.717, 1.165) is 24.4 Å². The van der Waals surface area contributed by atoms with Crippen molar-refractivity contribution in [2.45, 2.75) is 25.8 Å². The number of hydrogen-bond donors (Lipinski definition) is 3. The van der Waals surface area contributed by atoms with Crippen LogP contribution in [-0.2, 0) is 0 Å². The molecular formula is C13H21N5O2S. The van der Waals surface area contributed by atoms with E-state index in [0.29, 0.717) is 18.8 Å². The second-order valence-electron chi connectivity index (χ2n) is 5.36. The zero-order valence-corrected chi connectivity index (χ0v) is 12.9. The number of hydrogen-bond acceptors (Lipinski definition) is 5. The number of carbonyl (C=O) groups excluding carboxylic acids is 2. The number of amides is 3. The number of thiazole rings is 1. The van der Waals surface area contributed by atoms with Crippen LogP contribution < -0.4 is 16.8 Å². The summed E-state index contributed by atoms with van der Waals surface area (Å²) in [6.07, 6.45) is 1.90. The van der Waals surface area contributed by atoms with E-state index in [2.05, 4.69) is 10.3 Å². The van der Waals surface area contributed by atoms with Gasteiger partial charge >= 0.3 is 6.03 Å². The Hall–Kier alpha value is -1.67. The Bertz CT molecular complexity index is 516. The Morgan fingerprint density at radius 3 is 3.00 bits per heavy atom. The quantitative estimate of drug-likeness (QED) is 0.758. The Balaban J connectivity index is 1.96. The van der Waals surface area contributed by atoms with E-state index in [1.165, 1.54) is 11.3 Å². The number of aromatic nitrogens is 1. The number of likely N-dealkylation sites (tertiary alicyclic amines) is 1. The summed E-state index contributed by atoms with van der Waals surface area (Å²) < 4.78 is 0. The number of nitrogens with two attached hydrogens (primary N) is 2. The van der Waals surface area contributed by atoms with Gasteiger partial charge < -0.3 is 21.7 Å². The summed E-state index contributed by atoms with van der Waals surface area (Å²) in [6, 6.07) is -0.690. The first-order valence-electron chi connectivity index (χ1n) is 7.01. The highest BCUT2D eigenvalue weighted by Gasteiger charge is 2.26. The summed E-state index contributed by atoms with van der Waals surface area (Å²) in [5.41, 5.74) is 11.3. The fraction of sp³-hybridized carbons (Fsp3) is 0.615. The fourth-order valence-corrected chi connectivity index (χ4v) is 3.17. The van der Waals surface area contributed by atoms with Crippen molar-refractivity contribution in [3.8, 4) is 0 Å². The molecule has 0 spiro atoms. The van der Waals surface area contributed by atoms with Crippen molar-refractivity contribution < 1.29 is 9.59 Å². The van der Waals surface area contributed by atoms with Gasteiger partial charge in [0.2, 0.25) is 0 Å². The number of rotatable bonds is 4. The van der Waals surface area contributed by atoms with Gasteiger partial charge in [-0.25, -0.2) is 9.78 Å². The first-order chi connectivity index (χ1) is 9.97. The van der Waals surface area contributed by atoms with E-state index in [1.807, 2.05) is 6.92 Å². The van der Waals surface area contributed by atoms with Gasteiger partial charge in [0, 0.05) is 25.0 Å². The van der Waals surface area contributed by atoms with E-state index >= 15 is 0 Å². The molecule has 0 saturated carbocycles. The molecule has 1 fully saturated rings. The largest absolute Gasteiger partial charge is 0.352 e. The molecule has 0 aromatic carbocycles. The maximum Gasteiger partial charge on any atom is 0.312 e. The van der Waals surface area contributed by atoms with Gasteiger partial charge in [-0.15, -0.1) is 11.3 Å². The van der Waals surface area contributed by atoms with Crippen molar-refractivity contribution in [1.29, 1.82) is 0 Å². The molecule has 0 aliphatic carbocycles. The zero-order valence-electron chi connectivity index (χ0n) is 12.0. The van der Waals surface area contributed by atoms with Gasteiger partial charge in [-0.2, -0.15) is 0 Å². The molecule has 0 bridgehead atoms. The van der Waals surface area contributed by atoms with E-state index in [1.54, 1.807) is 10.3 Å². The second-order valence-corrected chi connectivity index (χ2v) is 6.25. The van der Waals surface area contributed by atoms with Crippen molar-refractivity contribution in [2.75, 3.05) is 19.6 Å². The molecule has 2 heterocycles. The Morgan fingerprint density at radius 1 is 1.62 bits per heavy atom. The van der Waals surface area contributed by atoms with E-state index in [-0.39, 0.29) is 17.9 Å². The third-order valence-electron chi connectivity index (χ3n) is 3.50. The molecule has 2 atom stereocenters. The Labute approximate surface area is 127 Å². The van der Waals surface area contributed by atoms with Crippen LogP contribution in [0.3, 0.4) is 0 Å². The average molecular weight is 311 g/mol. The summed E-state index contributed by atoms with van der Waals surface area (Å²) in [7, 11) is 0. The molecule has 5 N–H and O–H groups in total. The highest BCUT2D eigenvalue weighted by Crippen LogP contribution is 2.21. The van der Waals surface area contributed by atoms with Crippen LogP contribution in [0.5, 0.6) is 0 Å². The van der Waals surface area contributed by atoms with Crippen LogP contribution in [0.15, 0.2) is 5.38 Å². The van der Waals surface area contributed by atoms with Crippen LogP contribution in [0, 0.1) is 5.92 Å². The maximum absolute atomic E-state index is 12.4. The lowest BCUT2D eigenvalue weighted by Crippen LogP contribution is -2.44. The van der Waals surface area contributed by atoms with Gasteiger partial charge in [0.15, 0.2) is 0 Å². The molecule has 1 aliphatic heterocycles. The molecule has 1 saturated heterocycles. The van der Waals surface area contributed by atoms with Gasteiger partial charge in [0.25, 0.3) is 5.91 Å². The molecule has 21 heavy (non-hydrogen) atoms. The molecule has 2 unspecified atom stereocenters. The fourth-order valence-electron chi connectivity index (χ4n) is 2.42. The van der Waals surface area contributed by atoms with E-state index in [4.69, 9.17) is 11.5 Å². The summed E-state index contributed by atoms with van der Waals surface area (Å²) in [4.78, 5) is 29.3. The van der Waals surface area contributed by atoms with Crippen molar-refractivity contribution >= 4 is 23.3 Å². The summed E-state index contributed by atoms with van der Waals surface area (Å²) in [6.45, 7) is 3.68. The summed E-state index contributed by atoms with van der Waals surface area (Å²) in [5, 5.41) is 5.13. The minimum atomic E-state index is -0.528. The van der Waals surface area contributed by atoms with Crippen LogP contribution in [-0.4, -0.2) is 41.5 Å². The number of nitrogens with one attached hydrogen (secondary N) is 1. The number of primary amides is 1. The zero-order chi connectivity index (χ0) is 15.4. The van der Waals surface area contributed by atoms with E-state index < -0.39 is 6.03 Å². The molecule has 1 aromatic heterocycles. The van der Waals surface area contributed by atoms with Crippen LogP contribution >= 0.6 is 11.3 Å². The molecule has 3 amide bonds. The van der Waals surface area contributed by atoms with Gasteiger partial charge in [-0.1, -0.05) is 0 Å². The summed E-state index contributed by atoms with van der Waals surface area (Å²) in [5.74, 6) is 0.170. The second kappa shape index (κ2) is 6.86. The number of piperidine rings is 1. The molecule has 8 heteroatoms. The first kappa shape index (κ1) is 15.7. The lowest BCUT2D eigenvalue weighted by atomic mass is 9.98. The standard InChI is InChI=1S/C13H21N5O2S/c1-8(14)11-17-10(7-21-11)12(19)18-4-2-3-9(6-18)5-16-13(15)20/h7-9H,2-6,14H2,1H3,(H3,15,16,20). The van der Waals surface area contributed by atoms with Gasteiger partial charge in [-0.3, -0.25) is 4.79 Å². The molecule has 0 radical (unpaired) electrons. The van der Waals surface area contributed by atoms with Crippen LogP contribution in [0.4, 0.5) is 4.79 Å². The minimum Gasteiger partial charge on any atom is -0.352 e. The monoisotopic (exact) mass is 311 g/mol. The Kier molecular flexibility index (Phi) is 5.13. The smallest absolute Gasteiger partial charge is 0.312 e. The molecule has 1 aliphatic rings. The minimum absolute atomic E-state index is 0.0677. The lowest BCUT2D eigenvalue weighted by Gasteiger charge is -2.32.